The van der Waals surface area contributed by atoms with E-state index in [0.717, 1.165) is 0 Å². The summed E-state index contributed by atoms with van der Waals surface area (Å²) in [7, 11) is 0. The molecule has 2 atom stereocenters. The zero-order valence-electron chi connectivity index (χ0n) is 18.2. The number of anilines is 1. The van der Waals surface area contributed by atoms with Gasteiger partial charge >= 0.3 is 0 Å². The molecule has 0 spiro atoms. The van der Waals surface area contributed by atoms with E-state index in [1.807, 2.05) is 13.8 Å². The van der Waals surface area contributed by atoms with Crippen LogP contribution in [-0.4, -0.2) is 62.0 Å². The van der Waals surface area contributed by atoms with Crippen molar-refractivity contribution >= 4 is 29.2 Å². The molecule has 9 nitrogen and oxygen atoms in total. The topological polar surface area (TPSA) is 117 Å². The van der Waals surface area contributed by atoms with Gasteiger partial charge in [0.05, 0.1) is 30.8 Å². The van der Waals surface area contributed by atoms with E-state index in [4.69, 9.17) is 21.4 Å². The molecule has 2 heterocycles. The highest BCUT2D eigenvalue weighted by molar-refractivity contribution is 6.30. The van der Waals surface area contributed by atoms with Crippen molar-refractivity contribution in [3.05, 3.63) is 53.1 Å². The standard InChI is InChI=1S/C22H26ClFN4O5/c1-13(2)8-17(22(32)25-19-6-7-27(26-19)10-14(30)12-29)28-11-15(9-20(28)31)33-18-5-3-4-16(23)21(18)24/h3-7,9,13-14,17,29-30H,8,10-12H2,1-2H3,(H,25,26,32)/t14-,17+/m1/s1. The van der Waals surface area contributed by atoms with Gasteiger partial charge in [0.2, 0.25) is 5.91 Å². The van der Waals surface area contributed by atoms with Crippen molar-refractivity contribution in [2.75, 3.05) is 18.5 Å². The lowest BCUT2D eigenvalue weighted by atomic mass is 10.0. The minimum absolute atomic E-state index is 0.00722. The van der Waals surface area contributed by atoms with Gasteiger partial charge in [0.1, 0.15) is 11.8 Å². The summed E-state index contributed by atoms with van der Waals surface area (Å²) in [4.78, 5) is 27.1. The Morgan fingerprint density at radius 3 is 2.82 bits per heavy atom. The van der Waals surface area contributed by atoms with Crippen molar-refractivity contribution in [3.63, 3.8) is 0 Å². The molecule has 0 fully saturated rings. The molecule has 0 saturated carbocycles. The van der Waals surface area contributed by atoms with E-state index >= 15 is 0 Å². The van der Waals surface area contributed by atoms with Gasteiger partial charge in [0.15, 0.2) is 17.4 Å². The van der Waals surface area contributed by atoms with Crippen LogP contribution in [0.25, 0.3) is 0 Å². The first-order valence-corrected chi connectivity index (χ1v) is 10.8. The van der Waals surface area contributed by atoms with E-state index in [9.17, 15) is 19.1 Å². The second kappa shape index (κ2) is 10.8. The van der Waals surface area contributed by atoms with Crippen LogP contribution in [0.5, 0.6) is 5.75 Å². The minimum Gasteiger partial charge on any atom is -0.456 e. The number of benzene rings is 1. The van der Waals surface area contributed by atoms with Gasteiger partial charge in [-0.2, -0.15) is 5.10 Å². The minimum atomic E-state index is -0.974. The summed E-state index contributed by atoms with van der Waals surface area (Å²) >= 11 is 5.78. The Bertz CT molecular complexity index is 1040. The predicted octanol–water partition coefficient (Wildman–Crippen LogP) is 2.19. The molecule has 1 aliphatic heterocycles. The van der Waals surface area contributed by atoms with E-state index in [-0.39, 0.29) is 41.4 Å². The second-order valence-corrected chi connectivity index (χ2v) is 8.53. The molecule has 1 aliphatic rings. The highest BCUT2D eigenvalue weighted by Crippen LogP contribution is 2.28. The van der Waals surface area contributed by atoms with Gasteiger partial charge in [-0.05, 0) is 24.5 Å². The Labute approximate surface area is 195 Å². The van der Waals surface area contributed by atoms with Gasteiger partial charge in [-0.15, -0.1) is 0 Å². The molecule has 0 bridgehead atoms. The predicted molar refractivity (Wildman–Crippen MR) is 119 cm³/mol. The zero-order chi connectivity index (χ0) is 24.1. The van der Waals surface area contributed by atoms with Gasteiger partial charge in [0, 0.05) is 18.3 Å². The van der Waals surface area contributed by atoms with Gasteiger partial charge < -0.3 is 25.2 Å². The summed E-state index contributed by atoms with van der Waals surface area (Å²) in [6.45, 7) is 3.51. The fraction of sp³-hybridized carbons (Fsp3) is 0.409. The molecule has 1 aromatic heterocycles. The zero-order valence-corrected chi connectivity index (χ0v) is 19.0. The van der Waals surface area contributed by atoms with Crippen LogP contribution in [0.3, 0.4) is 0 Å². The molecule has 1 aromatic carbocycles. The van der Waals surface area contributed by atoms with Crippen molar-refractivity contribution in [1.82, 2.24) is 14.7 Å². The van der Waals surface area contributed by atoms with Crippen LogP contribution in [0.4, 0.5) is 10.2 Å². The number of aliphatic hydroxyl groups excluding tert-OH is 2. The van der Waals surface area contributed by atoms with Crippen LogP contribution >= 0.6 is 11.6 Å². The highest BCUT2D eigenvalue weighted by Gasteiger charge is 2.35. The highest BCUT2D eigenvalue weighted by atomic mass is 35.5. The van der Waals surface area contributed by atoms with Gasteiger partial charge in [0.25, 0.3) is 5.91 Å². The summed E-state index contributed by atoms with van der Waals surface area (Å²) in [5, 5.41) is 25.2. The number of aromatic nitrogens is 2. The Kier molecular flexibility index (Phi) is 8.06. The Morgan fingerprint density at radius 1 is 1.36 bits per heavy atom. The second-order valence-electron chi connectivity index (χ2n) is 8.12. The maximum Gasteiger partial charge on any atom is 0.251 e. The molecule has 3 rings (SSSR count). The molecule has 0 unspecified atom stereocenters. The van der Waals surface area contributed by atoms with Gasteiger partial charge in [-0.3, -0.25) is 14.3 Å². The largest absolute Gasteiger partial charge is 0.456 e. The average Bonchev–Trinajstić information content (AvgIpc) is 3.35. The lowest BCUT2D eigenvalue weighted by Gasteiger charge is -2.28. The molecule has 0 aliphatic carbocycles. The SMILES string of the molecule is CC(C)C[C@@H](C(=O)Nc1ccn(C[C@@H](O)CO)n1)N1CC(Oc2cccc(Cl)c2F)=CC1=O. The van der Waals surface area contributed by atoms with Crippen molar-refractivity contribution in [1.29, 1.82) is 0 Å². The maximum absolute atomic E-state index is 14.2. The van der Waals surface area contributed by atoms with E-state index in [2.05, 4.69) is 10.4 Å². The third kappa shape index (κ3) is 6.31. The van der Waals surface area contributed by atoms with Gasteiger partial charge in [-0.1, -0.05) is 31.5 Å². The number of amides is 2. The molecule has 178 valence electrons. The maximum atomic E-state index is 14.2. The summed E-state index contributed by atoms with van der Waals surface area (Å²) in [5.74, 6) is -1.16. The average molecular weight is 481 g/mol. The van der Waals surface area contributed by atoms with E-state index in [1.54, 1.807) is 12.3 Å². The summed E-state index contributed by atoms with van der Waals surface area (Å²) in [6.07, 6.45) is 2.19. The Balaban J connectivity index is 1.70. The van der Waals surface area contributed by atoms with Crippen molar-refractivity contribution in [2.24, 2.45) is 5.92 Å². The first-order chi connectivity index (χ1) is 15.7. The molecule has 11 heteroatoms. The molecule has 0 saturated heterocycles. The summed E-state index contributed by atoms with van der Waals surface area (Å²) < 4.78 is 21.1. The van der Waals surface area contributed by atoms with Crippen molar-refractivity contribution < 1.29 is 28.9 Å². The fourth-order valence-electron chi connectivity index (χ4n) is 3.38. The quantitative estimate of drug-likeness (QED) is 0.480. The molecule has 33 heavy (non-hydrogen) atoms. The van der Waals surface area contributed by atoms with Crippen LogP contribution in [0.15, 0.2) is 42.3 Å². The number of nitrogens with zero attached hydrogens (tertiary/aromatic N) is 3. The molecular weight excluding hydrogens is 455 g/mol. The summed E-state index contributed by atoms with van der Waals surface area (Å²) in [6, 6.07) is 5.06. The smallest absolute Gasteiger partial charge is 0.251 e. The number of carbonyl (C=O) groups is 2. The first-order valence-electron chi connectivity index (χ1n) is 10.4. The van der Waals surface area contributed by atoms with Crippen LogP contribution in [0.2, 0.25) is 5.02 Å². The Morgan fingerprint density at radius 2 is 2.12 bits per heavy atom. The first kappa shape index (κ1) is 24.7. The van der Waals surface area contributed by atoms with Crippen LogP contribution < -0.4 is 10.1 Å². The number of aliphatic hydroxyl groups is 2. The normalized spacial score (nSPS) is 15.5. The van der Waals surface area contributed by atoms with Crippen molar-refractivity contribution in [2.45, 2.75) is 39.0 Å². The lowest BCUT2D eigenvalue weighted by molar-refractivity contribution is -0.133. The molecule has 2 amide bonds. The number of rotatable bonds is 10. The fourth-order valence-corrected chi connectivity index (χ4v) is 3.54. The van der Waals surface area contributed by atoms with E-state index < -0.39 is 36.4 Å². The molecular formula is C22H26ClFN4O5. The number of hydrogen-bond donors (Lipinski definition) is 3. The monoisotopic (exact) mass is 480 g/mol. The van der Waals surface area contributed by atoms with Crippen LogP contribution in [0, 0.1) is 11.7 Å². The number of ether oxygens (including phenoxy) is 1. The van der Waals surface area contributed by atoms with Crippen molar-refractivity contribution in [3.8, 4) is 5.75 Å². The third-order valence-electron chi connectivity index (χ3n) is 4.92. The molecule has 2 aromatic rings. The molecule has 3 N–H and O–H groups in total. The molecule has 0 radical (unpaired) electrons. The summed E-state index contributed by atoms with van der Waals surface area (Å²) in [5.41, 5.74) is 0. The lowest BCUT2D eigenvalue weighted by Crippen LogP contribution is -2.46. The number of hydrogen-bond acceptors (Lipinski definition) is 6. The van der Waals surface area contributed by atoms with E-state index in [1.165, 1.54) is 33.9 Å². The number of carbonyl (C=O) groups excluding carboxylic acids is 2. The third-order valence-corrected chi connectivity index (χ3v) is 5.22. The van der Waals surface area contributed by atoms with Crippen LogP contribution in [0.1, 0.15) is 20.3 Å². The number of nitrogens with one attached hydrogen (secondary N) is 1. The Hall–Kier alpha value is -2.95. The van der Waals surface area contributed by atoms with E-state index in [0.29, 0.717) is 6.42 Å². The van der Waals surface area contributed by atoms with Gasteiger partial charge in [-0.25, -0.2) is 4.39 Å². The number of halogens is 2. The van der Waals surface area contributed by atoms with Crippen LogP contribution in [-0.2, 0) is 16.1 Å².